The van der Waals surface area contributed by atoms with E-state index in [0.717, 1.165) is 11.3 Å². The quantitative estimate of drug-likeness (QED) is 0.203. The Morgan fingerprint density at radius 3 is 2.46 bits per heavy atom. The van der Waals surface area contributed by atoms with Gasteiger partial charge in [0, 0.05) is 24.6 Å². The zero-order chi connectivity index (χ0) is 29.4. The van der Waals surface area contributed by atoms with Crippen LogP contribution in [0.4, 0.5) is 0 Å². The molecule has 0 spiro atoms. The minimum atomic E-state index is -1.06. The van der Waals surface area contributed by atoms with Crippen molar-refractivity contribution in [3.63, 3.8) is 0 Å². The molecule has 0 aliphatic rings. The molecule has 2 heterocycles. The number of aryl methyl sites for hydroxylation is 2. The molecule has 0 saturated carbocycles. The Morgan fingerprint density at radius 1 is 1.02 bits per heavy atom. The van der Waals surface area contributed by atoms with Crippen LogP contribution in [0.5, 0.6) is 17.2 Å². The van der Waals surface area contributed by atoms with Crippen LogP contribution in [0.3, 0.4) is 0 Å². The molecular formula is C31H33N3O7. The van der Waals surface area contributed by atoms with Gasteiger partial charge >= 0.3 is 11.9 Å². The molecular weight excluding hydrogens is 526 g/mol. The summed E-state index contributed by atoms with van der Waals surface area (Å²) < 4.78 is 22.9. The fourth-order valence-corrected chi connectivity index (χ4v) is 4.11. The Bertz CT molecular complexity index is 1470. The van der Waals surface area contributed by atoms with E-state index in [4.69, 9.17) is 29.5 Å². The van der Waals surface area contributed by atoms with Crippen LogP contribution >= 0.6 is 0 Å². The SMILES string of the molecule is Cc1oc(-c2ccc(Oc3cccnc3)cc2)nc1CCOc1ccc(CCC(=O)O)c(C(N)C(=O)OC(C)C)c1. The smallest absolute Gasteiger partial charge is 0.327 e. The highest BCUT2D eigenvalue weighted by molar-refractivity contribution is 5.78. The second kappa shape index (κ2) is 13.6. The van der Waals surface area contributed by atoms with Crippen LogP contribution in [0.2, 0.25) is 0 Å². The lowest BCUT2D eigenvalue weighted by Gasteiger charge is -2.18. The summed E-state index contributed by atoms with van der Waals surface area (Å²) in [5.74, 6) is 1.46. The van der Waals surface area contributed by atoms with E-state index in [1.807, 2.05) is 37.3 Å². The molecule has 3 N–H and O–H groups in total. The van der Waals surface area contributed by atoms with Crippen LogP contribution in [0.15, 0.2) is 71.4 Å². The number of aliphatic carboxylic acids is 1. The van der Waals surface area contributed by atoms with Crippen molar-refractivity contribution in [2.75, 3.05) is 6.61 Å². The predicted molar refractivity (Wildman–Crippen MR) is 151 cm³/mol. The zero-order valence-electron chi connectivity index (χ0n) is 23.2. The van der Waals surface area contributed by atoms with E-state index in [9.17, 15) is 9.59 Å². The summed E-state index contributed by atoms with van der Waals surface area (Å²) in [6.07, 6.45) is 3.62. The number of hydrogen-bond donors (Lipinski definition) is 2. The van der Waals surface area contributed by atoms with Gasteiger partial charge in [-0.1, -0.05) is 6.07 Å². The van der Waals surface area contributed by atoms with Gasteiger partial charge in [-0.25, -0.2) is 9.78 Å². The zero-order valence-corrected chi connectivity index (χ0v) is 23.2. The molecule has 1 atom stereocenters. The van der Waals surface area contributed by atoms with Gasteiger partial charge in [-0.2, -0.15) is 0 Å². The van der Waals surface area contributed by atoms with Gasteiger partial charge in [-0.15, -0.1) is 0 Å². The van der Waals surface area contributed by atoms with Crippen molar-refractivity contribution < 1.29 is 33.3 Å². The molecule has 0 fully saturated rings. The van der Waals surface area contributed by atoms with Gasteiger partial charge in [-0.3, -0.25) is 9.78 Å². The number of pyridine rings is 1. The minimum absolute atomic E-state index is 0.0901. The highest BCUT2D eigenvalue weighted by Gasteiger charge is 2.23. The highest BCUT2D eigenvalue weighted by atomic mass is 16.5. The van der Waals surface area contributed by atoms with E-state index in [-0.39, 0.29) is 18.9 Å². The summed E-state index contributed by atoms with van der Waals surface area (Å²) in [6, 6.07) is 15.1. The normalized spacial score (nSPS) is 11.7. The van der Waals surface area contributed by atoms with Crippen LogP contribution in [0, 0.1) is 6.92 Å². The molecule has 41 heavy (non-hydrogen) atoms. The number of carboxylic acid groups (broad SMARTS) is 1. The second-order valence-electron chi connectivity index (χ2n) is 9.65. The van der Waals surface area contributed by atoms with Crippen molar-refractivity contribution in [1.82, 2.24) is 9.97 Å². The number of aromatic nitrogens is 2. The lowest BCUT2D eigenvalue weighted by Crippen LogP contribution is -2.27. The van der Waals surface area contributed by atoms with E-state index >= 15 is 0 Å². The van der Waals surface area contributed by atoms with Crippen LogP contribution < -0.4 is 15.2 Å². The molecule has 0 radical (unpaired) electrons. The molecule has 2 aromatic carbocycles. The van der Waals surface area contributed by atoms with Crippen LogP contribution in [0.25, 0.3) is 11.5 Å². The van der Waals surface area contributed by atoms with Crippen LogP contribution in [-0.4, -0.2) is 39.7 Å². The molecule has 0 aliphatic heterocycles. The molecule has 0 saturated heterocycles. The topological polar surface area (TPSA) is 147 Å². The number of carboxylic acids is 1. The maximum Gasteiger partial charge on any atom is 0.327 e. The van der Waals surface area contributed by atoms with Gasteiger partial charge in [0.2, 0.25) is 5.89 Å². The maximum absolute atomic E-state index is 12.5. The Kier molecular flexibility index (Phi) is 9.70. The minimum Gasteiger partial charge on any atom is -0.493 e. The molecule has 0 aliphatic carbocycles. The monoisotopic (exact) mass is 559 g/mol. The van der Waals surface area contributed by atoms with Gasteiger partial charge in [0.25, 0.3) is 0 Å². The summed E-state index contributed by atoms with van der Waals surface area (Å²) in [5, 5.41) is 9.11. The van der Waals surface area contributed by atoms with E-state index in [0.29, 0.717) is 53.1 Å². The Hall–Kier alpha value is -4.70. The number of oxazole rings is 1. The second-order valence-corrected chi connectivity index (χ2v) is 9.65. The molecule has 1 unspecified atom stereocenters. The first kappa shape index (κ1) is 29.3. The number of carbonyl (C=O) groups is 2. The Labute approximate surface area is 238 Å². The molecule has 4 aromatic rings. The summed E-state index contributed by atoms with van der Waals surface area (Å²) >= 11 is 0. The van der Waals surface area contributed by atoms with Gasteiger partial charge < -0.3 is 29.5 Å². The summed E-state index contributed by atoms with van der Waals surface area (Å²) in [5.41, 5.74) is 8.89. The number of nitrogens with zero attached hydrogens (tertiary/aromatic N) is 2. The first-order valence-electron chi connectivity index (χ1n) is 13.3. The van der Waals surface area contributed by atoms with Crippen molar-refractivity contribution in [3.05, 3.63) is 89.6 Å². The third-order valence-electron chi connectivity index (χ3n) is 6.14. The highest BCUT2D eigenvalue weighted by Crippen LogP contribution is 2.28. The summed E-state index contributed by atoms with van der Waals surface area (Å²) in [6.45, 7) is 5.62. The number of hydrogen-bond acceptors (Lipinski definition) is 9. The van der Waals surface area contributed by atoms with E-state index in [2.05, 4.69) is 9.97 Å². The number of ether oxygens (including phenoxy) is 3. The third-order valence-corrected chi connectivity index (χ3v) is 6.14. The number of rotatable bonds is 13. The fraction of sp³-hybridized carbons (Fsp3) is 0.290. The molecule has 10 heteroatoms. The van der Waals surface area contributed by atoms with Gasteiger partial charge in [0.05, 0.1) is 24.6 Å². The van der Waals surface area contributed by atoms with Crippen LogP contribution in [0.1, 0.15) is 48.9 Å². The Balaban J connectivity index is 1.40. The number of nitrogens with two attached hydrogens (primary N) is 1. The molecule has 10 nitrogen and oxygen atoms in total. The van der Waals surface area contributed by atoms with Gasteiger partial charge in [-0.05, 0) is 86.8 Å². The predicted octanol–water partition coefficient (Wildman–Crippen LogP) is 5.43. The lowest BCUT2D eigenvalue weighted by atomic mass is 9.97. The Morgan fingerprint density at radius 2 is 1.78 bits per heavy atom. The number of esters is 1. The fourth-order valence-electron chi connectivity index (χ4n) is 4.11. The van der Waals surface area contributed by atoms with Crippen molar-refractivity contribution in [2.45, 2.75) is 52.2 Å². The largest absolute Gasteiger partial charge is 0.493 e. The first-order valence-corrected chi connectivity index (χ1v) is 13.3. The molecule has 214 valence electrons. The molecule has 0 bridgehead atoms. The molecule has 2 aromatic heterocycles. The summed E-state index contributed by atoms with van der Waals surface area (Å²) in [7, 11) is 0. The molecule has 4 rings (SSSR count). The summed E-state index contributed by atoms with van der Waals surface area (Å²) in [4.78, 5) is 32.3. The van der Waals surface area contributed by atoms with Crippen molar-refractivity contribution in [2.24, 2.45) is 5.73 Å². The first-order chi connectivity index (χ1) is 19.7. The van der Waals surface area contributed by atoms with Crippen molar-refractivity contribution in [1.29, 1.82) is 0 Å². The van der Waals surface area contributed by atoms with Gasteiger partial charge in [0.1, 0.15) is 29.1 Å². The van der Waals surface area contributed by atoms with Crippen LogP contribution in [-0.2, 0) is 27.2 Å². The van der Waals surface area contributed by atoms with E-state index in [1.165, 1.54) is 0 Å². The standard InChI is InChI=1S/C31H33N3O7/c1-19(2)39-31(37)29(32)26-17-24(12-6-21(26)9-13-28(35)36)38-16-14-27-20(3)40-30(34-27)22-7-10-23(11-8-22)41-25-5-4-15-33-18-25/h4-8,10-12,15,17-19,29H,9,13-14,16,32H2,1-3H3,(H,35,36). The van der Waals surface area contributed by atoms with E-state index in [1.54, 1.807) is 50.5 Å². The molecule has 0 amide bonds. The van der Waals surface area contributed by atoms with Crippen molar-refractivity contribution >= 4 is 11.9 Å². The maximum atomic E-state index is 12.5. The average Bonchev–Trinajstić information content (AvgIpc) is 3.32. The number of benzene rings is 2. The number of carbonyl (C=O) groups excluding carboxylic acids is 1. The van der Waals surface area contributed by atoms with Crippen molar-refractivity contribution in [3.8, 4) is 28.7 Å². The lowest BCUT2D eigenvalue weighted by molar-refractivity contribution is -0.149. The van der Waals surface area contributed by atoms with E-state index < -0.39 is 18.0 Å². The average molecular weight is 560 g/mol. The third kappa shape index (κ3) is 8.15. The van der Waals surface area contributed by atoms with Gasteiger partial charge in [0.15, 0.2) is 0 Å².